The van der Waals surface area contributed by atoms with Crippen molar-refractivity contribution in [1.29, 1.82) is 0 Å². The average molecular weight is 274 g/mol. The van der Waals surface area contributed by atoms with Gasteiger partial charge < -0.3 is 4.74 Å². The van der Waals surface area contributed by atoms with Crippen molar-refractivity contribution in [3.8, 4) is 11.5 Å². The van der Waals surface area contributed by atoms with Crippen molar-refractivity contribution in [3.05, 3.63) is 57.5 Å². The molecule has 16 heavy (non-hydrogen) atoms. The molecular weight excluding hydrogens is 266 g/mol. The molecule has 0 aliphatic heterocycles. The van der Waals surface area contributed by atoms with Crippen molar-refractivity contribution in [2.45, 2.75) is 0 Å². The van der Waals surface area contributed by atoms with Crippen molar-refractivity contribution in [2.24, 2.45) is 0 Å². The van der Waals surface area contributed by atoms with Gasteiger partial charge in [-0.2, -0.15) is 0 Å². The fourth-order valence-corrected chi connectivity index (χ4v) is 1.76. The first-order chi connectivity index (χ1) is 7.65. The monoisotopic (exact) mass is 272 g/mol. The molecule has 0 bridgehead atoms. The van der Waals surface area contributed by atoms with E-state index in [1.165, 1.54) is 0 Å². The molecule has 2 aromatic carbocycles. The van der Waals surface area contributed by atoms with Gasteiger partial charge in [-0.1, -0.05) is 34.8 Å². The van der Waals surface area contributed by atoms with E-state index in [0.29, 0.717) is 26.6 Å². The van der Waals surface area contributed by atoms with Crippen LogP contribution in [0, 0.1) is 0 Å². The summed E-state index contributed by atoms with van der Waals surface area (Å²) in [4.78, 5) is 0. The molecule has 0 saturated heterocycles. The number of hydrogen-bond donors (Lipinski definition) is 0. The highest BCUT2D eigenvalue weighted by Crippen LogP contribution is 2.31. The molecule has 4 heteroatoms. The van der Waals surface area contributed by atoms with E-state index in [-0.39, 0.29) is 0 Å². The van der Waals surface area contributed by atoms with E-state index in [0.717, 1.165) is 0 Å². The van der Waals surface area contributed by atoms with E-state index in [2.05, 4.69) is 0 Å². The number of ether oxygens (including phenoxy) is 1. The van der Waals surface area contributed by atoms with Gasteiger partial charge >= 0.3 is 0 Å². The molecule has 2 rings (SSSR count). The largest absolute Gasteiger partial charge is 0.456 e. The molecule has 0 amide bonds. The molecular formula is C12H7Cl3O. The summed E-state index contributed by atoms with van der Waals surface area (Å²) in [6, 6.07) is 12.1. The molecule has 0 unspecified atom stereocenters. The highest BCUT2D eigenvalue weighted by Gasteiger charge is 2.03. The third-order valence-electron chi connectivity index (χ3n) is 1.94. The maximum Gasteiger partial charge on any atom is 0.146 e. The summed E-state index contributed by atoms with van der Waals surface area (Å²) in [5.74, 6) is 1.24. The van der Waals surface area contributed by atoms with Gasteiger partial charge in [0.05, 0.1) is 5.02 Å². The van der Waals surface area contributed by atoms with E-state index in [1.807, 2.05) is 0 Å². The van der Waals surface area contributed by atoms with Gasteiger partial charge in [-0.15, -0.1) is 0 Å². The highest BCUT2D eigenvalue weighted by molar-refractivity contribution is 6.35. The van der Waals surface area contributed by atoms with Gasteiger partial charge in [0.2, 0.25) is 0 Å². The Hall–Kier alpha value is -0.890. The van der Waals surface area contributed by atoms with Crippen LogP contribution in [-0.2, 0) is 0 Å². The van der Waals surface area contributed by atoms with Gasteiger partial charge in [-0.25, -0.2) is 0 Å². The van der Waals surface area contributed by atoms with E-state index in [4.69, 9.17) is 39.5 Å². The van der Waals surface area contributed by atoms with Gasteiger partial charge in [0, 0.05) is 10.0 Å². The summed E-state index contributed by atoms with van der Waals surface area (Å²) in [5, 5.41) is 1.71. The second-order valence-electron chi connectivity index (χ2n) is 3.13. The van der Waals surface area contributed by atoms with E-state index < -0.39 is 0 Å². The van der Waals surface area contributed by atoms with Crippen molar-refractivity contribution in [1.82, 2.24) is 0 Å². The SMILES string of the molecule is Clc1ccc(Oc2ccc(Cl)cc2Cl)cc1. The summed E-state index contributed by atoms with van der Waals surface area (Å²) < 4.78 is 5.57. The second-order valence-corrected chi connectivity index (χ2v) is 4.41. The number of benzene rings is 2. The smallest absolute Gasteiger partial charge is 0.146 e. The molecule has 0 heterocycles. The predicted molar refractivity (Wildman–Crippen MR) is 68.0 cm³/mol. The van der Waals surface area contributed by atoms with Crippen LogP contribution in [0.4, 0.5) is 0 Å². The minimum absolute atomic E-state index is 0.474. The number of halogens is 3. The molecule has 0 radical (unpaired) electrons. The molecule has 0 aliphatic rings. The Kier molecular flexibility index (Phi) is 3.59. The van der Waals surface area contributed by atoms with Crippen LogP contribution in [0.2, 0.25) is 15.1 Å². The minimum Gasteiger partial charge on any atom is -0.456 e. The Morgan fingerprint density at radius 1 is 0.750 bits per heavy atom. The van der Waals surface area contributed by atoms with E-state index in [9.17, 15) is 0 Å². The zero-order valence-electron chi connectivity index (χ0n) is 8.08. The van der Waals surface area contributed by atoms with E-state index in [1.54, 1.807) is 42.5 Å². The van der Waals surface area contributed by atoms with Crippen LogP contribution in [0.1, 0.15) is 0 Å². The summed E-state index contributed by atoms with van der Waals surface area (Å²) in [6.07, 6.45) is 0. The maximum atomic E-state index is 5.98. The van der Waals surface area contributed by atoms with Crippen molar-refractivity contribution in [3.63, 3.8) is 0 Å². The lowest BCUT2D eigenvalue weighted by Crippen LogP contribution is -1.84. The Balaban J connectivity index is 2.23. The molecule has 82 valence electrons. The van der Waals surface area contributed by atoms with Gasteiger partial charge in [-0.3, -0.25) is 0 Å². The molecule has 0 saturated carbocycles. The summed E-state index contributed by atoms with van der Waals surface area (Å²) in [5.41, 5.74) is 0. The summed E-state index contributed by atoms with van der Waals surface area (Å²) in [7, 11) is 0. The third kappa shape index (κ3) is 2.82. The average Bonchev–Trinajstić information content (AvgIpc) is 2.25. The lowest BCUT2D eigenvalue weighted by molar-refractivity contribution is 0.483. The van der Waals surface area contributed by atoms with Crippen LogP contribution in [-0.4, -0.2) is 0 Å². The maximum absolute atomic E-state index is 5.98. The lowest BCUT2D eigenvalue weighted by Gasteiger charge is -2.07. The Morgan fingerprint density at radius 3 is 2.00 bits per heavy atom. The number of hydrogen-bond acceptors (Lipinski definition) is 1. The van der Waals surface area contributed by atoms with Gasteiger partial charge in [0.1, 0.15) is 11.5 Å². The van der Waals surface area contributed by atoms with Crippen LogP contribution in [0.25, 0.3) is 0 Å². The zero-order valence-corrected chi connectivity index (χ0v) is 10.4. The normalized spacial score (nSPS) is 10.2. The van der Waals surface area contributed by atoms with Crippen molar-refractivity contribution < 1.29 is 4.74 Å². The van der Waals surface area contributed by atoms with Crippen molar-refractivity contribution in [2.75, 3.05) is 0 Å². The summed E-state index contributed by atoms with van der Waals surface area (Å²) >= 11 is 17.5. The van der Waals surface area contributed by atoms with Gasteiger partial charge in [-0.05, 0) is 42.5 Å². The first-order valence-electron chi connectivity index (χ1n) is 4.53. The predicted octanol–water partition coefficient (Wildman–Crippen LogP) is 5.44. The van der Waals surface area contributed by atoms with Crippen LogP contribution in [0.3, 0.4) is 0 Å². The molecule has 0 fully saturated rings. The first-order valence-corrected chi connectivity index (χ1v) is 5.67. The summed E-state index contributed by atoms with van der Waals surface area (Å²) in [6.45, 7) is 0. The zero-order chi connectivity index (χ0) is 11.5. The lowest BCUT2D eigenvalue weighted by atomic mass is 10.3. The fraction of sp³-hybridized carbons (Fsp3) is 0. The van der Waals surface area contributed by atoms with Crippen LogP contribution < -0.4 is 4.74 Å². The minimum atomic E-state index is 0.474. The number of rotatable bonds is 2. The highest BCUT2D eigenvalue weighted by atomic mass is 35.5. The molecule has 0 spiro atoms. The van der Waals surface area contributed by atoms with E-state index >= 15 is 0 Å². The van der Waals surface area contributed by atoms with Crippen LogP contribution in [0.15, 0.2) is 42.5 Å². The molecule has 0 N–H and O–H groups in total. The molecule has 1 nitrogen and oxygen atoms in total. The Labute approximate surface area is 109 Å². The molecule has 0 aromatic heterocycles. The van der Waals surface area contributed by atoms with Crippen LogP contribution in [0.5, 0.6) is 11.5 Å². The second kappa shape index (κ2) is 4.96. The Bertz CT molecular complexity index is 494. The van der Waals surface area contributed by atoms with Gasteiger partial charge in [0.25, 0.3) is 0 Å². The fourth-order valence-electron chi connectivity index (χ4n) is 1.19. The molecule has 2 aromatic rings. The third-order valence-corrected chi connectivity index (χ3v) is 2.72. The van der Waals surface area contributed by atoms with Gasteiger partial charge in [0.15, 0.2) is 0 Å². The quantitative estimate of drug-likeness (QED) is 0.708. The first kappa shape index (κ1) is 11.6. The molecule has 0 atom stereocenters. The standard InChI is InChI=1S/C12H7Cl3O/c13-8-1-4-10(5-2-8)16-12-6-3-9(14)7-11(12)15/h1-7H. The van der Waals surface area contributed by atoms with Crippen molar-refractivity contribution >= 4 is 34.8 Å². The topological polar surface area (TPSA) is 9.23 Å². The molecule has 0 aliphatic carbocycles. The Morgan fingerprint density at radius 2 is 1.38 bits per heavy atom. The van der Waals surface area contributed by atoms with Crippen LogP contribution >= 0.6 is 34.8 Å².